The molecule has 198 valence electrons. The van der Waals surface area contributed by atoms with Gasteiger partial charge in [-0.1, -0.05) is 0 Å². The van der Waals surface area contributed by atoms with E-state index >= 15 is 0 Å². The maximum absolute atomic E-state index is 10.4. The SMILES string of the molecule is CC(C)OCC(O)CN1CCN(CC(O)COC(C)C)CCN(CC(O)COC(C)C)CC1. The molecule has 0 saturated carbocycles. The van der Waals surface area contributed by atoms with Crippen LogP contribution in [0, 0.1) is 0 Å². The highest BCUT2D eigenvalue weighted by atomic mass is 16.5. The van der Waals surface area contributed by atoms with Crippen molar-refractivity contribution in [3.8, 4) is 0 Å². The molecule has 0 aromatic rings. The van der Waals surface area contributed by atoms with E-state index in [9.17, 15) is 15.3 Å². The van der Waals surface area contributed by atoms with Crippen LogP contribution >= 0.6 is 0 Å². The lowest BCUT2D eigenvalue weighted by atomic mass is 10.3. The van der Waals surface area contributed by atoms with Gasteiger partial charge >= 0.3 is 0 Å². The van der Waals surface area contributed by atoms with Crippen LogP contribution in [0.4, 0.5) is 0 Å². The molecule has 1 rings (SSSR count). The molecule has 9 nitrogen and oxygen atoms in total. The minimum Gasteiger partial charge on any atom is -0.389 e. The number of nitrogens with zero attached hydrogens (tertiary/aromatic N) is 3. The first kappa shape index (κ1) is 30.7. The van der Waals surface area contributed by atoms with Gasteiger partial charge in [-0.05, 0) is 41.5 Å². The van der Waals surface area contributed by atoms with E-state index < -0.39 is 18.3 Å². The second kappa shape index (κ2) is 17.1. The zero-order valence-electron chi connectivity index (χ0n) is 21.9. The molecule has 0 bridgehead atoms. The highest BCUT2D eigenvalue weighted by molar-refractivity contribution is 4.76. The molecule has 0 amide bonds. The second-order valence-electron chi connectivity index (χ2n) is 10.0. The van der Waals surface area contributed by atoms with Crippen LogP contribution in [-0.2, 0) is 14.2 Å². The normalized spacial score (nSPS) is 20.7. The lowest BCUT2D eigenvalue weighted by Gasteiger charge is -2.28. The van der Waals surface area contributed by atoms with Gasteiger partial charge in [0.2, 0.25) is 0 Å². The molecule has 0 aliphatic carbocycles. The van der Waals surface area contributed by atoms with Crippen molar-refractivity contribution in [3.05, 3.63) is 0 Å². The van der Waals surface area contributed by atoms with Crippen molar-refractivity contribution in [2.75, 3.05) is 78.7 Å². The summed E-state index contributed by atoms with van der Waals surface area (Å²) in [5, 5.41) is 31.3. The molecule has 3 N–H and O–H groups in total. The molecule has 1 aliphatic heterocycles. The fraction of sp³-hybridized carbons (Fsp3) is 1.00. The van der Waals surface area contributed by atoms with Crippen molar-refractivity contribution in [3.63, 3.8) is 0 Å². The maximum Gasteiger partial charge on any atom is 0.0900 e. The Hall–Kier alpha value is -0.360. The van der Waals surface area contributed by atoms with Crippen LogP contribution in [0.5, 0.6) is 0 Å². The molecule has 3 unspecified atom stereocenters. The average molecular weight is 478 g/mol. The smallest absolute Gasteiger partial charge is 0.0900 e. The van der Waals surface area contributed by atoms with Crippen molar-refractivity contribution in [1.82, 2.24) is 14.7 Å². The van der Waals surface area contributed by atoms with Crippen LogP contribution in [-0.4, -0.2) is 145 Å². The second-order valence-corrected chi connectivity index (χ2v) is 10.0. The number of aliphatic hydroxyl groups excluding tert-OH is 3. The Labute approximate surface area is 201 Å². The zero-order chi connectivity index (χ0) is 24.8. The number of aliphatic hydroxyl groups is 3. The largest absolute Gasteiger partial charge is 0.389 e. The first-order valence-electron chi connectivity index (χ1n) is 12.6. The Kier molecular flexibility index (Phi) is 15.9. The van der Waals surface area contributed by atoms with E-state index in [0.29, 0.717) is 39.5 Å². The molecular formula is C24H51N3O6. The van der Waals surface area contributed by atoms with Crippen LogP contribution in [0.1, 0.15) is 41.5 Å². The van der Waals surface area contributed by atoms with Gasteiger partial charge in [-0.15, -0.1) is 0 Å². The third kappa shape index (κ3) is 16.0. The van der Waals surface area contributed by atoms with E-state index in [1.807, 2.05) is 41.5 Å². The van der Waals surface area contributed by atoms with Crippen LogP contribution in [0.25, 0.3) is 0 Å². The molecule has 9 heteroatoms. The lowest BCUT2D eigenvalue weighted by Crippen LogP contribution is -2.43. The van der Waals surface area contributed by atoms with Crippen molar-refractivity contribution in [2.24, 2.45) is 0 Å². The summed E-state index contributed by atoms with van der Waals surface area (Å²) < 4.78 is 16.7. The molecule has 0 aromatic heterocycles. The number of rotatable bonds is 15. The molecular weight excluding hydrogens is 426 g/mol. The van der Waals surface area contributed by atoms with Crippen LogP contribution in [0.15, 0.2) is 0 Å². The van der Waals surface area contributed by atoms with E-state index in [-0.39, 0.29) is 18.3 Å². The van der Waals surface area contributed by atoms with Gasteiger partial charge in [0.1, 0.15) is 0 Å². The molecule has 33 heavy (non-hydrogen) atoms. The van der Waals surface area contributed by atoms with Crippen molar-refractivity contribution >= 4 is 0 Å². The molecule has 1 aliphatic rings. The van der Waals surface area contributed by atoms with E-state index in [0.717, 1.165) is 39.3 Å². The minimum atomic E-state index is -0.551. The molecule has 0 spiro atoms. The van der Waals surface area contributed by atoms with Gasteiger partial charge in [0.05, 0.1) is 56.4 Å². The number of hydrogen-bond acceptors (Lipinski definition) is 9. The fourth-order valence-electron chi connectivity index (χ4n) is 3.69. The Morgan fingerprint density at radius 3 is 0.879 bits per heavy atom. The minimum absolute atomic E-state index is 0.0882. The summed E-state index contributed by atoms with van der Waals surface area (Å²) in [5.41, 5.74) is 0. The van der Waals surface area contributed by atoms with Crippen molar-refractivity contribution in [1.29, 1.82) is 0 Å². The van der Waals surface area contributed by atoms with Gasteiger partial charge in [0.25, 0.3) is 0 Å². The predicted octanol–water partition coefficient (Wildman–Crippen LogP) is 0.264. The van der Waals surface area contributed by atoms with Gasteiger partial charge in [-0.25, -0.2) is 0 Å². The molecule has 0 aromatic carbocycles. The van der Waals surface area contributed by atoms with Gasteiger partial charge in [0.15, 0.2) is 0 Å². The summed E-state index contributed by atoms with van der Waals surface area (Å²) in [7, 11) is 0. The standard InChI is InChI=1S/C24H51N3O6/c1-19(2)31-16-22(28)13-25-7-9-26(14-23(29)17-32-20(3)4)11-12-27(10-8-25)15-24(30)18-33-21(5)6/h19-24,28-30H,7-18H2,1-6H3. The van der Waals surface area contributed by atoms with E-state index in [1.165, 1.54) is 0 Å². The summed E-state index contributed by atoms with van der Waals surface area (Å²) in [5.74, 6) is 0. The zero-order valence-corrected chi connectivity index (χ0v) is 21.9. The van der Waals surface area contributed by atoms with E-state index in [4.69, 9.17) is 14.2 Å². The first-order chi connectivity index (χ1) is 15.5. The first-order valence-corrected chi connectivity index (χ1v) is 12.6. The van der Waals surface area contributed by atoms with Crippen molar-refractivity contribution < 1.29 is 29.5 Å². The van der Waals surface area contributed by atoms with E-state index in [2.05, 4.69) is 14.7 Å². The van der Waals surface area contributed by atoms with Gasteiger partial charge in [-0.3, -0.25) is 14.7 Å². The Bertz CT molecular complexity index is 405. The molecule has 1 fully saturated rings. The lowest BCUT2D eigenvalue weighted by molar-refractivity contribution is -0.0142. The van der Waals surface area contributed by atoms with Crippen LogP contribution < -0.4 is 0 Å². The molecule has 1 heterocycles. The van der Waals surface area contributed by atoms with Gasteiger partial charge in [-0.2, -0.15) is 0 Å². The number of β-amino-alcohol motifs (C(OH)–C–C–N with tert-alkyl or cyclic N) is 3. The summed E-state index contributed by atoms with van der Waals surface area (Å²) >= 11 is 0. The monoisotopic (exact) mass is 477 g/mol. The fourth-order valence-corrected chi connectivity index (χ4v) is 3.69. The average Bonchev–Trinajstić information content (AvgIpc) is 2.81. The van der Waals surface area contributed by atoms with E-state index in [1.54, 1.807) is 0 Å². The summed E-state index contributed by atoms with van der Waals surface area (Å²) in [6.45, 7) is 19.1. The molecule has 1 saturated heterocycles. The van der Waals surface area contributed by atoms with Crippen molar-refractivity contribution in [2.45, 2.75) is 78.2 Å². The summed E-state index contributed by atoms with van der Waals surface area (Å²) in [6.07, 6.45) is -1.39. The number of hydrogen-bond donors (Lipinski definition) is 3. The molecule has 3 atom stereocenters. The Morgan fingerprint density at radius 1 is 0.485 bits per heavy atom. The quantitative estimate of drug-likeness (QED) is 0.307. The van der Waals surface area contributed by atoms with Crippen LogP contribution in [0.2, 0.25) is 0 Å². The Balaban J connectivity index is 2.71. The van der Waals surface area contributed by atoms with Gasteiger partial charge in [0, 0.05) is 58.9 Å². The summed E-state index contributed by atoms with van der Waals surface area (Å²) in [6, 6.07) is 0. The Morgan fingerprint density at radius 2 is 0.697 bits per heavy atom. The summed E-state index contributed by atoms with van der Waals surface area (Å²) in [4.78, 5) is 6.73. The molecule has 0 radical (unpaired) electrons. The topological polar surface area (TPSA) is 98.1 Å². The third-order valence-electron chi connectivity index (χ3n) is 5.47. The van der Waals surface area contributed by atoms with Crippen LogP contribution in [0.3, 0.4) is 0 Å². The third-order valence-corrected chi connectivity index (χ3v) is 5.47. The maximum atomic E-state index is 10.4. The predicted molar refractivity (Wildman–Crippen MR) is 131 cm³/mol. The highest BCUT2D eigenvalue weighted by Crippen LogP contribution is 2.06. The van der Waals surface area contributed by atoms with Gasteiger partial charge < -0.3 is 29.5 Å². The number of ether oxygens (including phenoxy) is 3. The highest BCUT2D eigenvalue weighted by Gasteiger charge is 2.22.